The molecule has 2 nitrogen and oxygen atoms in total. The average molecular weight is 144 g/mol. The lowest BCUT2D eigenvalue weighted by Gasteiger charge is -2.11. The predicted octanol–water partition coefficient (Wildman–Crippen LogP) is 1.45. The maximum Gasteiger partial charge on any atom is 0.107 e. The van der Waals surface area contributed by atoms with Crippen molar-refractivity contribution in [3.05, 3.63) is 0 Å². The normalized spacial score (nSPS) is 27.0. The molecule has 1 fully saturated rings. The van der Waals surface area contributed by atoms with Crippen LogP contribution in [0.3, 0.4) is 0 Å². The second-order valence-electron chi connectivity index (χ2n) is 3.30. The highest BCUT2D eigenvalue weighted by molar-refractivity contribution is 4.76. The highest BCUT2D eigenvalue weighted by atomic mass is 16.6. The lowest BCUT2D eigenvalue weighted by atomic mass is 10.2. The van der Waals surface area contributed by atoms with Gasteiger partial charge >= 0.3 is 0 Å². The molecule has 0 aromatic rings. The Kier molecular flexibility index (Phi) is 2.69. The molecule has 0 aromatic heterocycles. The SMILES string of the molecule is CC(C)CO[C@@H](C)[C@@H]1CO1. The van der Waals surface area contributed by atoms with E-state index in [0.717, 1.165) is 13.2 Å². The van der Waals surface area contributed by atoms with Crippen molar-refractivity contribution in [2.24, 2.45) is 5.92 Å². The Morgan fingerprint density at radius 1 is 1.50 bits per heavy atom. The van der Waals surface area contributed by atoms with Gasteiger partial charge in [0, 0.05) is 6.61 Å². The fourth-order valence-electron chi connectivity index (χ4n) is 0.778. The van der Waals surface area contributed by atoms with Crippen molar-refractivity contribution in [3.63, 3.8) is 0 Å². The van der Waals surface area contributed by atoms with Gasteiger partial charge in [0.25, 0.3) is 0 Å². The Balaban J connectivity index is 2.00. The molecule has 0 unspecified atom stereocenters. The van der Waals surface area contributed by atoms with Crippen molar-refractivity contribution in [1.29, 1.82) is 0 Å². The molecule has 1 rings (SSSR count). The maximum atomic E-state index is 5.50. The molecule has 10 heavy (non-hydrogen) atoms. The predicted molar refractivity (Wildman–Crippen MR) is 40.0 cm³/mol. The molecule has 2 atom stereocenters. The van der Waals surface area contributed by atoms with Gasteiger partial charge in [-0.3, -0.25) is 0 Å². The molecule has 1 aliphatic rings. The summed E-state index contributed by atoms with van der Waals surface area (Å²) < 4.78 is 10.6. The summed E-state index contributed by atoms with van der Waals surface area (Å²) in [6.45, 7) is 8.11. The molecule has 0 radical (unpaired) electrons. The molecule has 0 saturated carbocycles. The fraction of sp³-hybridized carbons (Fsp3) is 1.00. The summed E-state index contributed by atoms with van der Waals surface area (Å²) in [4.78, 5) is 0. The minimum absolute atomic E-state index is 0.294. The second kappa shape index (κ2) is 3.35. The van der Waals surface area contributed by atoms with Crippen LogP contribution < -0.4 is 0 Å². The van der Waals surface area contributed by atoms with Crippen LogP contribution in [0.1, 0.15) is 20.8 Å². The number of ether oxygens (including phenoxy) is 2. The van der Waals surface area contributed by atoms with E-state index in [4.69, 9.17) is 9.47 Å². The summed E-state index contributed by atoms with van der Waals surface area (Å²) in [7, 11) is 0. The molecule has 2 heteroatoms. The number of hydrogen-bond acceptors (Lipinski definition) is 2. The summed E-state index contributed by atoms with van der Waals surface area (Å²) in [6.07, 6.45) is 0.682. The van der Waals surface area contributed by atoms with E-state index in [1.54, 1.807) is 0 Å². The topological polar surface area (TPSA) is 21.8 Å². The second-order valence-corrected chi connectivity index (χ2v) is 3.30. The third kappa shape index (κ3) is 2.67. The summed E-state index contributed by atoms with van der Waals surface area (Å²) in [6, 6.07) is 0. The van der Waals surface area contributed by atoms with Gasteiger partial charge in [-0.25, -0.2) is 0 Å². The Morgan fingerprint density at radius 2 is 2.10 bits per heavy atom. The van der Waals surface area contributed by atoms with Gasteiger partial charge in [-0.1, -0.05) is 13.8 Å². The molecule has 0 aliphatic carbocycles. The summed E-state index contributed by atoms with van der Waals surface area (Å²) in [5.74, 6) is 0.626. The first-order chi connectivity index (χ1) is 4.70. The van der Waals surface area contributed by atoms with Crippen molar-refractivity contribution in [2.45, 2.75) is 33.0 Å². The van der Waals surface area contributed by atoms with Crippen molar-refractivity contribution >= 4 is 0 Å². The third-order valence-corrected chi connectivity index (χ3v) is 1.58. The van der Waals surface area contributed by atoms with Gasteiger partial charge in [0.1, 0.15) is 6.10 Å². The molecule has 0 spiro atoms. The van der Waals surface area contributed by atoms with E-state index in [0.29, 0.717) is 18.1 Å². The van der Waals surface area contributed by atoms with E-state index in [-0.39, 0.29) is 0 Å². The van der Waals surface area contributed by atoms with Crippen LogP contribution in [0.2, 0.25) is 0 Å². The van der Waals surface area contributed by atoms with E-state index in [1.165, 1.54) is 0 Å². The minimum Gasteiger partial charge on any atom is -0.375 e. The van der Waals surface area contributed by atoms with Gasteiger partial charge in [-0.15, -0.1) is 0 Å². The van der Waals surface area contributed by atoms with Crippen LogP contribution in [0.15, 0.2) is 0 Å². The number of hydrogen-bond donors (Lipinski definition) is 0. The van der Waals surface area contributed by atoms with Crippen LogP contribution in [0.25, 0.3) is 0 Å². The lowest BCUT2D eigenvalue weighted by Crippen LogP contribution is -2.18. The van der Waals surface area contributed by atoms with Crippen molar-refractivity contribution in [3.8, 4) is 0 Å². The van der Waals surface area contributed by atoms with Gasteiger partial charge in [0.15, 0.2) is 0 Å². The highest BCUT2D eigenvalue weighted by Crippen LogP contribution is 2.16. The molecule has 60 valence electrons. The summed E-state index contributed by atoms with van der Waals surface area (Å²) >= 11 is 0. The fourth-order valence-corrected chi connectivity index (χ4v) is 0.778. The van der Waals surface area contributed by atoms with Gasteiger partial charge in [-0.05, 0) is 12.8 Å². The van der Waals surface area contributed by atoms with Crippen LogP contribution in [0, 0.1) is 5.92 Å². The monoisotopic (exact) mass is 144 g/mol. The average Bonchev–Trinajstić information content (AvgIpc) is 2.63. The van der Waals surface area contributed by atoms with Crippen molar-refractivity contribution in [2.75, 3.05) is 13.2 Å². The molecule has 1 aliphatic heterocycles. The lowest BCUT2D eigenvalue weighted by molar-refractivity contribution is 0.0299. The largest absolute Gasteiger partial charge is 0.375 e. The first-order valence-corrected chi connectivity index (χ1v) is 3.93. The summed E-state index contributed by atoms with van der Waals surface area (Å²) in [5.41, 5.74) is 0. The molecule has 0 amide bonds. The Hall–Kier alpha value is -0.0800. The molecule has 0 bridgehead atoms. The molecule has 1 heterocycles. The third-order valence-electron chi connectivity index (χ3n) is 1.58. The van der Waals surface area contributed by atoms with Crippen LogP contribution >= 0.6 is 0 Å². The minimum atomic E-state index is 0.294. The standard InChI is InChI=1S/C8H16O2/c1-6(2)4-9-7(3)8-5-10-8/h6-8H,4-5H2,1-3H3/t7-,8-/m0/s1. The van der Waals surface area contributed by atoms with Crippen LogP contribution in [-0.2, 0) is 9.47 Å². The van der Waals surface area contributed by atoms with Crippen LogP contribution in [0.4, 0.5) is 0 Å². The quantitative estimate of drug-likeness (QED) is 0.557. The van der Waals surface area contributed by atoms with Gasteiger partial charge in [0.05, 0.1) is 12.7 Å². The van der Waals surface area contributed by atoms with Crippen LogP contribution in [0.5, 0.6) is 0 Å². The van der Waals surface area contributed by atoms with E-state index in [2.05, 4.69) is 20.8 Å². The zero-order valence-corrected chi connectivity index (χ0v) is 6.96. The molecule has 1 saturated heterocycles. The Labute approximate surface area is 62.5 Å². The number of rotatable bonds is 4. The zero-order valence-electron chi connectivity index (χ0n) is 6.96. The van der Waals surface area contributed by atoms with Crippen LogP contribution in [-0.4, -0.2) is 25.4 Å². The molecular formula is C8H16O2. The van der Waals surface area contributed by atoms with E-state index < -0.39 is 0 Å². The van der Waals surface area contributed by atoms with Gasteiger partial charge in [-0.2, -0.15) is 0 Å². The Bertz CT molecular complexity index is 97.4. The smallest absolute Gasteiger partial charge is 0.107 e. The molecule has 0 aromatic carbocycles. The highest BCUT2D eigenvalue weighted by Gasteiger charge is 2.29. The van der Waals surface area contributed by atoms with E-state index in [1.807, 2.05) is 0 Å². The number of epoxide rings is 1. The molecular weight excluding hydrogens is 128 g/mol. The first kappa shape index (κ1) is 8.02. The first-order valence-electron chi connectivity index (χ1n) is 3.93. The molecule has 0 N–H and O–H groups in total. The Morgan fingerprint density at radius 3 is 2.50 bits per heavy atom. The van der Waals surface area contributed by atoms with Crippen molar-refractivity contribution < 1.29 is 9.47 Å². The maximum absolute atomic E-state index is 5.50. The summed E-state index contributed by atoms with van der Waals surface area (Å²) in [5, 5.41) is 0. The van der Waals surface area contributed by atoms with Gasteiger partial charge in [0.2, 0.25) is 0 Å². The van der Waals surface area contributed by atoms with E-state index >= 15 is 0 Å². The van der Waals surface area contributed by atoms with E-state index in [9.17, 15) is 0 Å². The zero-order chi connectivity index (χ0) is 7.56. The van der Waals surface area contributed by atoms with Crippen molar-refractivity contribution in [1.82, 2.24) is 0 Å². The van der Waals surface area contributed by atoms with Gasteiger partial charge < -0.3 is 9.47 Å².